The summed E-state index contributed by atoms with van der Waals surface area (Å²) in [5.41, 5.74) is 12.6. The fourth-order valence-corrected chi connectivity index (χ4v) is 6.22. The van der Waals surface area contributed by atoms with Crippen molar-refractivity contribution in [2.75, 3.05) is 64.8 Å². The molecule has 2 N–H and O–H groups in total. The number of carbonyl (C=O) groups is 1. The fourth-order valence-electron chi connectivity index (χ4n) is 6.22. The molecule has 0 saturated carbocycles. The third-order valence-corrected chi connectivity index (χ3v) is 8.54. The van der Waals surface area contributed by atoms with Crippen molar-refractivity contribution < 1.29 is 9.53 Å². The zero-order chi connectivity index (χ0) is 29.2. The Morgan fingerprint density at radius 2 is 1.72 bits per heavy atom. The highest BCUT2D eigenvalue weighted by molar-refractivity contribution is 5.92. The number of ether oxygens (including phenoxy) is 1. The summed E-state index contributed by atoms with van der Waals surface area (Å²) < 4.78 is 9.32. The lowest BCUT2D eigenvalue weighted by molar-refractivity contribution is 0.0376. The quantitative estimate of drug-likeness (QED) is 0.315. The molecule has 2 fully saturated rings. The van der Waals surface area contributed by atoms with E-state index in [0.717, 1.165) is 85.4 Å². The van der Waals surface area contributed by atoms with Crippen LogP contribution in [0.5, 0.6) is 0 Å². The minimum absolute atomic E-state index is 0.147. The van der Waals surface area contributed by atoms with E-state index >= 15 is 0 Å². The zero-order valence-corrected chi connectivity index (χ0v) is 24.3. The molecule has 5 heterocycles. The summed E-state index contributed by atoms with van der Waals surface area (Å²) in [6.45, 7) is 7.64. The molecule has 43 heavy (non-hydrogen) atoms. The van der Waals surface area contributed by atoms with Gasteiger partial charge in [0.05, 0.1) is 25.3 Å². The van der Waals surface area contributed by atoms with E-state index in [2.05, 4.69) is 69.7 Å². The molecule has 222 valence electrons. The molecule has 0 radical (unpaired) electrons. The average Bonchev–Trinajstić information content (AvgIpc) is 3.63. The van der Waals surface area contributed by atoms with Gasteiger partial charge in [-0.3, -0.25) is 9.58 Å². The second kappa shape index (κ2) is 12.0. The van der Waals surface area contributed by atoms with Crippen LogP contribution in [0.1, 0.15) is 17.7 Å². The summed E-state index contributed by atoms with van der Waals surface area (Å²) in [5, 5.41) is 10.5. The maximum atomic E-state index is 12.8. The highest BCUT2D eigenvalue weighted by Crippen LogP contribution is 2.32. The van der Waals surface area contributed by atoms with Gasteiger partial charge in [-0.05, 0) is 42.6 Å². The molecule has 5 aromatic rings. The van der Waals surface area contributed by atoms with Gasteiger partial charge < -0.3 is 20.3 Å². The normalized spacial score (nSPS) is 16.4. The van der Waals surface area contributed by atoms with Crippen molar-refractivity contribution >= 4 is 28.3 Å². The summed E-state index contributed by atoms with van der Waals surface area (Å²) in [7, 11) is 0. The maximum absolute atomic E-state index is 12.8. The Balaban J connectivity index is 1.03. The maximum Gasteiger partial charge on any atom is 0.320 e. The van der Waals surface area contributed by atoms with Crippen molar-refractivity contribution in [3.63, 3.8) is 0 Å². The summed E-state index contributed by atoms with van der Waals surface area (Å²) in [5.74, 6) is 0.465. The van der Waals surface area contributed by atoms with E-state index in [0.29, 0.717) is 32.1 Å². The lowest BCUT2D eigenvalue weighted by Crippen LogP contribution is -2.54. The van der Waals surface area contributed by atoms with Gasteiger partial charge >= 0.3 is 6.03 Å². The lowest BCUT2D eigenvalue weighted by atomic mass is 10.0. The number of piperazine rings is 1. The third-order valence-electron chi connectivity index (χ3n) is 8.54. The van der Waals surface area contributed by atoms with Crippen LogP contribution < -0.4 is 5.73 Å². The van der Waals surface area contributed by atoms with Crippen molar-refractivity contribution in [1.29, 1.82) is 0 Å². The number of nitrogens with zero attached hydrogens (tertiary/aromatic N) is 8. The van der Waals surface area contributed by atoms with E-state index in [4.69, 9.17) is 15.6 Å². The predicted molar refractivity (Wildman–Crippen MR) is 166 cm³/mol. The van der Waals surface area contributed by atoms with Gasteiger partial charge in [-0.25, -0.2) is 14.3 Å². The molecule has 11 heteroatoms. The van der Waals surface area contributed by atoms with E-state index in [1.807, 2.05) is 25.1 Å². The van der Waals surface area contributed by atoms with Gasteiger partial charge in [0.25, 0.3) is 0 Å². The standard InChI is InChI=1S/C32H37N9O2/c33-31-30-28(25-8-9-26-22-40(36-29(26)19-25)21-24-5-2-1-3-6-24)20-27(41(30)35-23-34-31)7-4-10-37-11-13-38(14-12-37)32(42)39-15-17-43-18-16-39/h1-3,5-6,8-9,19-20,22-23H,4,7,10-18,21H2,(H2,33,34,35). The Kier molecular flexibility index (Phi) is 7.65. The Hall–Kier alpha value is -4.48. The molecular weight excluding hydrogens is 542 g/mol. The number of fused-ring (bicyclic) bond motifs is 2. The summed E-state index contributed by atoms with van der Waals surface area (Å²) in [4.78, 5) is 23.5. The smallest absolute Gasteiger partial charge is 0.320 e. The number of benzene rings is 2. The molecule has 0 atom stereocenters. The first kappa shape index (κ1) is 27.4. The van der Waals surface area contributed by atoms with Crippen LogP contribution in [0.4, 0.5) is 10.6 Å². The number of rotatable bonds is 7. The molecule has 0 spiro atoms. The topological polar surface area (TPSA) is 110 Å². The number of nitrogens with two attached hydrogens (primary N) is 1. The Bertz CT molecular complexity index is 1720. The summed E-state index contributed by atoms with van der Waals surface area (Å²) in [6.07, 6.45) is 5.45. The average molecular weight is 580 g/mol. The van der Waals surface area contributed by atoms with Crippen LogP contribution in [0.25, 0.3) is 27.5 Å². The second-order valence-electron chi connectivity index (χ2n) is 11.4. The molecule has 0 aliphatic carbocycles. The number of carbonyl (C=O) groups excluding carboxylic acids is 1. The largest absolute Gasteiger partial charge is 0.382 e. The molecule has 2 amide bonds. The minimum Gasteiger partial charge on any atom is -0.382 e. The molecule has 0 unspecified atom stereocenters. The Labute approximate surface area is 250 Å². The molecule has 2 aromatic carbocycles. The molecule has 3 aromatic heterocycles. The highest BCUT2D eigenvalue weighted by Gasteiger charge is 2.26. The van der Waals surface area contributed by atoms with Gasteiger partial charge in [0.2, 0.25) is 0 Å². The zero-order valence-electron chi connectivity index (χ0n) is 24.3. The SMILES string of the molecule is Nc1ncnn2c(CCCN3CCN(C(=O)N4CCOCC4)CC3)cc(-c3ccc4cn(Cc5ccccc5)nc4c3)c12. The lowest BCUT2D eigenvalue weighted by Gasteiger charge is -2.38. The first-order valence-corrected chi connectivity index (χ1v) is 15.1. The molecule has 0 bridgehead atoms. The number of hydrogen-bond acceptors (Lipinski definition) is 7. The monoisotopic (exact) mass is 579 g/mol. The van der Waals surface area contributed by atoms with Crippen molar-refractivity contribution in [1.82, 2.24) is 39.1 Å². The number of hydrogen-bond donors (Lipinski definition) is 1. The third kappa shape index (κ3) is 5.78. The number of anilines is 1. The fraction of sp³-hybridized carbons (Fsp3) is 0.375. The molecule has 11 nitrogen and oxygen atoms in total. The molecule has 2 saturated heterocycles. The van der Waals surface area contributed by atoms with Crippen LogP contribution in [0, 0.1) is 0 Å². The minimum atomic E-state index is 0.147. The molecular formula is C32H37N9O2. The second-order valence-corrected chi connectivity index (χ2v) is 11.4. The first-order chi connectivity index (χ1) is 21.1. The number of aromatic nitrogens is 5. The number of amides is 2. The van der Waals surface area contributed by atoms with E-state index < -0.39 is 0 Å². The van der Waals surface area contributed by atoms with Crippen LogP contribution in [0.3, 0.4) is 0 Å². The van der Waals surface area contributed by atoms with Gasteiger partial charge in [-0.2, -0.15) is 10.2 Å². The van der Waals surface area contributed by atoms with Crippen LogP contribution in [0.15, 0.2) is 67.1 Å². The van der Waals surface area contributed by atoms with Crippen molar-refractivity contribution in [2.45, 2.75) is 19.4 Å². The number of urea groups is 1. The van der Waals surface area contributed by atoms with Crippen molar-refractivity contribution in [3.05, 3.63) is 78.4 Å². The van der Waals surface area contributed by atoms with Gasteiger partial charge in [0.15, 0.2) is 5.82 Å². The molecule has 7 rings (SSSR count). The van der Waals surface area contributed by atoms with Gasteiger partial charge in [0.1, 0.15) is 11.8 Å². The number of nitrogen functional groups attached to an aromatic ring is 1. The van der Waals surface area contributed by atoms with Crippen LogP contribution in [-0.4, -0.2) is 104 Å². The molecule has 2 aliphatic rings. The number of morpholine rings is 1. The van der Waals surface area contributed by atoms with Crippen LogP contribution >= 0.6 is 0 Å². The van der Waals surface area contributed by atoms with E-state index in [1.54, 1.807) is 0 Å². The Morgan fingerprint density at radius 1 is 0.930 bits per heavy atom. The van der Waals surface area contributed by atoms with Crippen molar-refractivity contribution in [3.8, 4) is 11.1 Å². The van der Waals surface area contributed by atoms with Gasteiger partial charge in [-0.1, -0.05) is 42.5 Å². The van der Waals surface area contributed by atoms with Gasteiger partial charge in [0, 0.05) is 62.1 Å². The van der Waals surface area contributed by atoms with E-state index in [-0.39, 0.29) is 6.03 Å². The summed E-state index contributed by atoms with van der Waals surface area (Å²) >= 11 is 0. The number of aryl methyl sites for hydroxylation is 1. The van der Waals surface area contributed by atoms with E-state index in [1.165, 1.54) is 11.9 Å². The first-order valence-electron chi connectivity index (χ1n) is 15.1. The predicted octanol–water partition coefficient (Wildman–Crippen LogP) is 3.38. The summed E-state index contributed by atoms with van der Waals surface area (Å²) in [6, 6.07) is 19.1. The van der Waals surface area contributed by atoms with Crippen LogP contribution in [0.2, 0.25) is 0 Å². The van der Waals surface area contributed by atoms with Crippen LogP contribution in [-0.2, 0) is 17.7 Å². The Morgan fingerprint density at radius 3 is 2.53 bits per heavy atom. The highest BCUT2D eigenvalue weighted by atomic mass is 16.5. The van der Waals surface area contributed by atoms with Crippen molar-refractivity contribution in [2.24, 2.45) is 0 Å². The van der Waals surface area contributed by atoms with E-state index in [9.17, 15) is 4.79 Å². The van der Waals surface area contributed by atoms with Gasteiger partial charge in [-0.15, -0.1) is 0 Å². The molecule has 2 aliphatic heterocycles.